The molecule has 0 aliphatic rings. The van der Waals surface area contributed by atoms with Gasteiger partial charge in [0.05, 0.1) is 39.7 Å². The summed E-state index contributed by atoms with van der Waals surface area (Å²) in [5.74, 6) is 0. The lowest BCUT2D eigenvalue weighted by atomic mass is 10.2. The molecule has 1 aromatic carbocycles. The molecular formula is C17H14N6OS2. The first-order valence-corrected chi connectivity index (χ1v) is 9.27. The van der Waals surface area contributed by atoms with Crippen molar-refractivity contribution in [2.45, 2.75) is 0 Å². The number of aldehydes is 1. The first-order chi connectivity index (χ1) is 12.7. The molecule has 4 aromatic rings. The molecule has 1 N–H and O–H groups in total. The number of nitrogens with one attached hydrogen (secondary N) is 1. The van der Waals surface area contributed by atoms with Crippen LogP contribution in [0, 0.1) is 0 Å². The number of benzene rings is 1. The number of hydrogen-bond donors (Lipinski definition) is 1. The second-order valence-electron chi connectivity index (χ2n) is 5.71. The Morgan fingerprint density at radius 2 is 2.04 bits per heavy atom. The van der Waals surface area contributed by atoms with Crippen LogP contribution < -0.4 is 10.2 Å². The number of anilines is 2. The van der Waals surface area contributed by atoms with Gasteiger partial charge in [-0.3, -0.25) is 4.79 Å². The van der Waals surface area contributed by atoms with Crippen LogP contribution in [0.2, 0.25) is 0 Å². The Balaban J connectivity index is 1.71. The molecule has 0 saturated carbocycles. The average Bonchev–Trinajstić information content (AvgIpc) is 3.25. The Bertz CT molecular complexity index is 1130. The van der Waals surface area contributed by atoms with E-state index in [2.05, 4.69) is 24.0 Å². The summed E-state index contributed by atoms with van der Waals surface area (Å²) in [6.07, 6.45) is 4.15. The van der Waals surface area contributed by atoms with Crippen LogP contribution >= 0.6 is 23.1 Å². The van der Waals surface area contributed by atoms with E-state index in [4.69, 9.17) is 0 Å². The molecule has 0 unspecified atom stereocenters. The van der Waals surface area contributed by atoms with E-state index >= 15 is 0 Å². The van der Waals surface area contributed by atoms with Crippen molar-refractivity contribution in [2.75, 3.05) is 24.3 Å². The van der Waals surface area contributed by atoms with Crippen LogP contribution in [-0.4, -0.2) is 40.5 Å². The van der Waals surface area contributed by atoms with E-state index < -0.39 is 0 Å². The van der Waals surface area contributed by atoms with Gasteiger partial charge < -0.3 is 10.2 Å². The van der Waals surface area contributed by atoms with Crippen LogP contribution in [0.4, 0.5) is 17.1 Å². The van der Waals surface area contributed by atoms with Crippen LogP contribution in [0.1, 0.15) is 9.67 Å². The molecule has 0 fully saturated rings. The summed E-state index contributed by atoms with van der Waals surface area (Å²) >= 11 is 2.52. The summed E-state index contributed by atoms with van der Waals surface area (Å²) in [7, 11) is 3.91. The summed E-state index contributed by atoms with van der Waals surface area (Å²) in [6, 6.07) is 7.64. The largest absolute Gasteiger partial charge is 0.377 e. The Morgan fingerprint density at radius 3 is 2.85 bits per heavy atom. The smallest absolute Gasteiger partial charge is 0.162 e. The number of carbonyl (C=O) groups excluding carboxylic acids is 1. The molecule has 0 radical (unpaired) electrons. The van der Waals surface area contributed by atoms with Gasteiger partial charge in [0.25, 0.3) is 0 Å². The monoisotopic (exact) mass is 382 g/mol. The Hall–Kier alpha value is -2.91. The van der Waals surface area contributed by atoms with Crippen molar-refractivity contribution in [3.05, 3.63) is 35.3 Å². The number of pyridine rings is 1. The standard InChI is InChI=1S/C17H14N6OS2/c1-23(2)13-5-6-18-17-15(13)16(14(8-24)25-17)20-9-19-10-3-4-11-12(7-10)22-26-21-11/h3-9H,1-2H3,(H,19,20). The van der Waals surface area contributed by atoms with Crippen molar-refractivity contribution >= 4 is 74.0 Å². The van der Waals surface area contributed by atoms with E-state index in [1.165, 1.54) is 23.1 Å². The second-order valence-corrected chi connectivity index (χ2v) is 7.27. The predicted octanol–water partition coefficient (Wildman–Crippen LogP) is 3.95. The maximum atomic E-state index is 11.5. The van der Waals surface area contributed by atoms with Gasteiger partial charge in [-0.25, -0.2) is 9.98 Å². The van der Waals surface area contributed by atoms with Gasteiger partial charge in [0, 0.05) is 26.0 Å². The first kappa shape index (κ1) is 16.6. The molecule has 0 bridgehead atoms. The van der Waals surface area contributed by atoms with Crippen LogP contribution in [-0.2, 0) is 0 Å². The van der Waals surface area contributed by atoms with Crippen LogP contribution in [0.5, 0.6) is 0 Å². The molecule has 0 saturated heterocycles. The van der Waals surface area contributed by atoms with E-state index in [0.29, 0.717) is 10.6 Å². The zero-order chi connectivity index (χ0) is 18.1. The fourth-order valence-electron chi connectivity index (χ4n) is 2.63. The molecule has 3 heterocycles. The molecule has 0 aliphatic carbocycles. The predicted molar refractivity (Wildman–Crippen MR) is 109 cm³/mol. The fraction of sp³-hybridized carbons (Fsp3) is 0.118. The van der Waals surface area contributed by atoms with Crippen molar-refractivity contribution in [3.8, 4) is 0 Å². The molecule has 0 amide bonds. The molecule has 0 aliphatic heterocycles. The Morgan fingerprint density at radius 1 is 1.19 bits per heavy atom. The van der Waals surface area contributed by atoms with E-state index in [0.717, 1.165) is 38.9 Å². The van der Waals surface area contributed by atoms with Gasteiger partial charge in [-0.05, 0) is 24.3 Å². The summed E-state index contributed by atoms with van der Waals surface area (Å²) in [6.45, 7) is 0. The molecule has 9 heteroatoms. The van der Waals surface area contributed by atoms with Crippen LogP contribution in [0.25, 0.3) is 21.3 Å². The minimum absolute atomic E-state index is 0.555. The van der Waals surface area contributed by atoms with Gasteiger partial charge >= 0.3 is 0 Å². The van der Waals surface area contributed by atoms with Gasteiger partial charge in [0.1, 0.15) is 15.9 Å². The quantitative estimate of drug-likeness (QED) is 0.320. The molecule has 3 aromatic heterocycles. The average molecular weight is 382 g/mol. The summed E-state index contributed by atoms with van der Waals surface area (Å²) < 4.78 is 8.41. The van der Waals surface area contributed by atoms with Gasteiger partial charge in [0.15, 0.2) is 6.29 Å². The van der Waals surface area contributed by atoms with Crippen molar-refractivity contribution in [1.29, 1.82) is 0 Å². The van der Waals surface area contributed by atoms with Crippen molar-refractivity contribution in [2.24, 2.45) is 4.99 Å². The van der Waals surface area contributed by atoms with E-state index in [9.17, 15) is 4.79 Å². The number of fused-ring (bicyclic) bond motifs is 2. The van der Waals surface area contributed by atoms with Crippen molar-refractivity contribution in [3.63, 3.8) is 0 Å². The number of nitrogens with zero attached hydrogens (tertiary/aromatic N) is 5. The number of thiophene rings is 1. The maximum Gasteiger partial charge on any atom is 0.162 e. The lowest BCUT2D eigenvalue weighted by molar-refractivity contribution is 0.112. The summed E-state index contributed by atoms with van der Waals surface area (Å²) in [5.41, 5.74) is 4.16. The molecule has 7 nitrogen and oxygen atoms in total. The number of rotatable bonds is 5. The zero-order valence-corrected chi connectivity index (χ0v) is 15.6. The van der Waals surface area contributed by atoms with Crippen LogP contribution in [0.15, 0.2) is 35.5 Å². The third-order valence-corrected chi connectivity index (χ3v) is 5.41. The van der Waals surface area contributed by atoms with Crippen LogP contribution in [0.3, 0.4) is 0 Å². The Kier molecular flexibility index (Phi) is 4.31. The van der Waals surface area contributed by atoms with Crippen molar-refractivity contribution in [1.82, 2.24) is 13.7 Å². The highest BCUT2D eigenvalue weighted by Gasteiger charge is 2.16. The Labute approximate surface area is 157 Å². The number of aromatic nitrogens is 3. The SMILES string of the molecule is CN(C)c1ccnc2sc(C=O)c(N=CNc3ccc4nsnc4c3)c12. The van der Waals surface area contributed by atoms with E-state index in [-0.39, 0.29) is 0 Å². The molecule has 130 valence electrons. The van der Waals surface area contributed by atoms with E-state index in [1.54, 1.807) is 12.5 Å². The summed E-state index contributed by atoms with van der Waals surface area (Å²) in [4.78, 5) is 23.7. The lowest BCUT2D eigenvalue weighted by Crippen LogP contribution is -2.08. The third-order valence-electron chi connectivity index (χ3n) is 3.84. The normalized spacial score (nSPS) is 11.5. The second kappa shape index (κ2) is 6.77. The first-order valence-electron chi connectivity index (χ1n) is 7.73. The molecule has 26 heavy (non-hydrogen) atoms. The lowest BCUT2D eigenvalue weighted by Gasteiger charge is -2.13. The van der Waals surface area contributed by atoms with Crippen molar-refractivity contribution < 1.29 is 4.79 Å². The van der Waals surface area contributed by atoms with Gasteiger partial charge in [-0.2, -0.15) is 8.75 Å². The van der Waals surface area contributed by atoms with E-state index in [1.807, 2.05) is 43.3 Å². The topological polar surface area (TPSA) is 83.4 Å². The molecule has 0 spiro atoms. The molecule has 0 atom stereocenters. The van der Waals surface area contributed by atoms with Gasteiger partial charge in [-0.1, -0.05) is 0 Å². The highest BCUT2D eigenvalue weighted by Crippen LogP contribution is 2.40. The zero-order valence-electron chi connectivity index (χ0n) is 14.0. The minimum atomic E-state index is 0.555. The minimum Gasteiger partial charge on any atom is -0.377 e. The fourth-order valence-corrected chi connectivity index (χ4v) is 4.07. The highest BCUT2D eigenvalue weighted by molar-refractivity contribution is 7.21. The number of hydrogen-bond acceptors (Lipinski definition) is 8. The number of aliphatic imine (C=N–C) groups is 1. The van der Waals surface area contributed by atoms with Gasteiger partial charge in [-0.15, -0.1) is 11.3 Å². The van der Waals surface area contributed by atoms with Gasteiger partial charge in [0.2, 0.25) is 0 Å². The maximum absolute atomic E-state index is 11.5. The third kappa shape index (κ3) is 2.91. The number of carbonyl (C=O) groups is 1. The highest BCUT2D eigenvalue weighted by atomic mass is 32.1. The molecular weight excluding hydrogens is 368 g/mol. The summed E-state index contributed by atoms with van der Waals surface area (Å²) in [5, 5.41) is 4.01. The molecule has 4 rings (SSSR count).